The normalized spacial score (nSPS) is 23.2. The van der Waals surface area contributed by atoms with Crippen LogP contribution in [0.4, 0.5) is 5.82 Å². The van der Waals surface area contributed by atoms with Gasteiger partial charge in [-0.15, -0.1) is 11.8 Å². The lowest BCUT2D eigenvalue weighted by Crippen LogP contribution is -2.21. The van der Waals surface area contributed by atoms with Crippen LogP contribution in [-0.4, -0.2) is 28.0 Å². The second-order valence-corrected chi connectivity index (χ2v) is 7.65. The molecule has 2 aliphatic rings. The van der Waals surface area contributed by atoms with E-state index >= 15 is 0 Å². The largest absolute Gasteiger partial charge is 0.381 e. The summed E-state index contributed by atoms with van der Waals surface area (Å²) in [4.78, 5) is 17.1. The topological polar surface area (TPSA) is 59.4 Å². The molecule has 0 aliphatic carbocycles. The van der Waals surface area contributed by atoms with Crippen LogP contribution < -0.4 is 5.56 Å². The number of nitrogens with one attached hydrogen (secondary N) is 1. The zero-order valence-electron chi connectivity index (χ0n) is 12.9. The first-order valence-corrected chi connectivity index (χ1v) is 8.58. The number of hydrogen-bond donors (Lipinski definition) is 1. The van der Waals surface area contributed by atoms with Crippen molar-refractivity contribution in [2.24, 2.45) is 10.9 Å². The van der Waals surface area contributed by atoms with Gasteiger partial charge in [-0.1, -0.05) is 13.8 Å². The minimum absolute atomic E-state index is 0.0332. The van der Waals surface area contributed by atoms with Gasteiger partial charge in [0.1, 0.15) is 0 Å². The van der Waals surface area contributed by atoms with Crippen LogP contribution in [0.5, 0.6) is 0 Å². The summed E-state index contributed by atoms with van der Waals surface area (Å²) in [6.45, 7) is 7.95. The highest BCUT2D eigenvalue weighted by atomic mass is 32.2. The summed E-state index contributed by atoms with van der Waals surface area (Å²) < 4.78 is 7.42. The van der Waals surface area contributed by atoms with Crippen molar-refractivity contribution in [3.8, 4) is 0 Å². The van der Waals surface area contributed by atoms with E-state index in [4.69, 9.17) is 4.74 Å². The maximum Gasteiger partial charge on any atom is 0.270 e. The molecule has 0 radical (unpaired) electrons. The first-order valence-electron chi connectivity index (χ1n) is 7.70. The number of fused-ring (bicyclic) bond motifs is 1. The molecule has 1 atom stereocenters. The zero-order chi connectivity index (χ0) is 15.0. The molecule has 1 aromatic rings. The highest BCUT2D eigenvalue weighted by Crippen LogP contribution is 2.43. The standard InChI is InChI=1S/C15H23N3O2S/c1-9(2)8-12-13-14(16-10(3)21-12)18(17-15(13)19)11-4-6-20-7-5-11/h9,11-12H,4-8H2,1-3H3,(H,17,19)/t12-/m0/s1. The van der Waals surface area contributed by atoms with Crippen molar-refractivity contribution in [3.63, 3.8) is 0 Å². The second-order valence-electron chi connectivity index (χ2n) is 6.26. The summed E-state index contributed by atoms with van der Waals surface area (Å²) in [6.07, 6.45) is 2.88. The zero-order valence-corrected chi connectivity index (χ0v) is 13.7. The number of thioether (sulfide) groups is 1. The molecule has 1 aromatic heterocycles. The molecule has 116 valence electrons. The maximum atomic E-state index is 12.4. The number of H-pyrrole nitrogens is 1. The van der Waals surface area contributed by atoms with E-state index in [9.17, 15) is 4.79 Å². The average Bonchev–Trinajstić information content (AvgIpc) is 2.76. The number of aliphatic imine (C=N–C) groups is 1. The molecule has 3 rings (SSSR count). The number of hydrogen-bond acceptors (Lipinski definition) is 4. The van der Waals surface area contributed by atoms with E-state index in [1.165, 1.54) is 0 Å². The van der Waals surface area contributed by atoms with E-state index in [-0.39, 0.29) is 10.8 Å². The fourth-order valence-electron chi connectivity index (χ4n) is 3.10. The Balaban J connectivity index is 2.01. The van der Waals surface area contributed by atoms with E-state index in [0.717, 1.165) is 48.9 Å². The Morgan fingerprint density at radius 3 is 2.81 bits per heavy atom. The van der Waals surface area contributed by atoms with Crippen molar-refractivity contribution < 1.29 is 4.74 Å². The van der Waals surface area contributed by atoms with Crippen LogP contribution in [-0.2, 0) is 4.74 Å². The fraction of sp³-hybridized carbons (Fsp3) is 0.733. The maximum absolute atomic E-state index is 12.4. The van der Waals surface area contributed by atoms with E-state index in [1.54, 1.807) is 11.8 Å². The summed E-state index contributed by atoms with van der Waals surface area (Å²) in [5, 5.41) is 4.31. The molecule has 0 bridgehead atoms. The lowest BCUT2D eigenvalue weighted by atomic mass is 10.0. The van der Waals surface area contributed by atoms with Gasteiger partial charge >= 0.3 is 0 Å². The summed E-state index contributed by atoms with van der Waals surface area (Å²) >= 11 is 1.72. The third-order valence-corrected chi connectivity index (χ3v) is 5.22. The van der Waals surface area contributed by atoms with Crippen LogP contribution in [0.15, 0.2) is 9.79 Å². The van der Waals surface area contributed by atoms with Gasteiger partial charge in [0.25, 0.3) is 5.56 Å². The van der Waals surface area contributed by atoms with Crippen molar-refractivity contribution >= 4 is 22.6 Å². The number of rotatable bonds is 3. The van der Waals surface area contributed by atoms with Crippen molar-refractivity contribution in [2.45, 2.75) is 51.3 Å². The number of aromatic nitrogens is 2. The summed E-state index contributed by atoms with van der Waals surface area (Å²) in [7, 11) is 0. The van der Waals surface area contributed by atoms with Crippen LogP contribution in [0.25, 0.3) is 0 Å². The molecule has 0 amide bonds. The van der Waals surface area contributed by atoms with Gasteiger partial charge in [0.05, 0.1) is 16.6 Å². The van der Waals surface area contributed by atoms with Gasteiger partial charge in [-0.25, -0.2) is 4.99 Å². The molecule has 2 aliphatic heterocycles. The average molecular weight is 309 g/mol. The molecule has 21 heavy (non-hydrogen) atoms. The van der Waals surface area contributed by atoms with Crippen LogP contribution in [0, 0.1) is 5.92 Å². The van der Waals surface area contributed by atoms with Crippen LogP contribution in [0.2, 0.25) is 0 Å². The first-order chi connectivity index (χ1) is 10.1. The quantitative estimate of drug-likeness (QED) is 0.930. The molecule has 3 heterocycles. The van der Waals surface area contributed by atoms with E-state index in [2.05, 4.69) is 23.9 Å². The fourth-order valence-corrected chi connectivity index (χ4v) is 4.46. The highest BCUT2D eigenvalue weighted by molar-refractivity contribution is 8.14. The molecule has 1 N–H and O–H groups in total. The Morgan fingerprint density at radius 2 is 2.14 bits per heavy atom. The second kappa shape index (κ2) is 6.01. The van der Waals surface area contributed by atoms with Gasteiger partial charge in [-0.3, -0.25) is 14.6 Å². The molecule has 0 unspecified atom stereocenters. The monoisotopic (exact) mass is 309 g/mol. The summed E-state index contributed by atoms with van der Waals surface area (Å²) in [6, 6.07) is 0.301. The van der Waals surface area contributed by atoms with E-state index < -0.39 is 0 Å². The number of nitrogens with zero attached hydrogens (tertiary/aromatic N) is 2. The van der Waals surface area contributed by atoms with E-state index in [1.807, 2.05) is 11.6 Å². The van der Waals surface area contributed by atoms with Crippen molar-refractivity contribution in [2.75, 3.05) is 13.2 Å². The Morgan fingerprint density at radius 1 is 1.43 bits per heavy atom. The third-order valence-electron chi connectivity index (χ3n) is 4.08. The first kappa shape index (κ1) is 14.9. The predicted octanol–water partition coefficient (Wildman–Crippen LogP) is 3.41. The minimum atomic E-state index is 0.0332. The van der Waals surface area contributed by atoms with Crippen LogP contribution >= 0.6 is 11.8 Å². The van der Waals surface area contributed by atoms with Gasteiger partial charge in [0.2, 0.25) is 0 Å². The number of ether oxygens (including phenoxy) is 1. The van der Waals surface area contributed by atoms with Crippen molar-refractivity contribution in [1.82, 2.24) is 9.78 Å². The Hall–Kier alpha value is -1.01. The molecule has 1 saturated heterocycles. The SMILES string of the molecule is CC1=Nc2c(c(=O)[nH]n2C2CCOCC2)[C@H](CC(C)C)S1. The van der Waals surface area contributed by atoms with Gasteiger partial charge in [-0.05, 0) is 32.1 Å². The van der Waals surface area contributed by atoms with Crippen LogP contribution in [0.3, 0.4) is 0 Å². The van der Waals surface area contributed by atoms with Gasteiger partial charge in [0.15, 0.2) is 5.82 Å². The Bertz CT molecular complexity index is 597. The molecule has 1 fully saturated rings. The number of aromatic amines is 1. The Labute approximate surface area is 129 Å². The van der Waals surface area contributed by atoms with E-state index in [0.29, 0.717) is 12.0 Å². The van der Waals surface area contributed by atoms with Gasteiger partial charge in [0, 0.05) is 18.5 Å². The molecular formula is C15H23N3O2S. The predicted molar refractivity (Wildman–Crippen MR) is 86.7 cm³/mol. The van der Waals surface area contributed by atoms with Gasteiger partial charge < -0.3 is 4.74 Å². The summed E-state index contributed by atoms with van der Waals surface area (Å²) in [5.74, 6) is 1.42. The molecule has 0 saturated carbocycles. The van der Waals surface area contributed by atoms with Crippen molar-refractivity contribution in [1.29, 1.82) is 0 Å². The van der Waals surface area contributed by atoms with Crippen LogP contribution in [0.1, 0.15) is 56.9 Å². The minimum Gasteiger partial charge on any atom is -0.381 e. The smallest absolute Gasteiger partial charge is 0.270 e. The molecule has 0 aromatic carbocycles. The lowest BCUT2D eigenvalue weighted by Gasteiger charge is -2.26. The Kier molecular flexibility index (Phi) is 4.26. The molecular weight excluding hydrogens is 286 g/mol. The molecule has 5 nitrogen and oxygen atoms in total. The van der Waals surface area contributed by atoms with Crippen molar-refractivity contribution in [3.05, 3.63) is 15.9 Å². The lowest BCUT2D eigenvalue weighted by molar-refractivity contribution is 0.0666. The molecule has 0 spiro atoms. The summed E-state index contributed by atoms with van der Waals surface area (Å²) in [5.41, 5.74) is 0.900. The third kappa shape index (κ3) is 2.97. The van der Waals surface area contributed by atoms with Gasteiger partial charge in [-0.2, -0.15) is 0 Å². The highest BCUT2D eigenvalue weighted by Gasteiger charge is 2.31. The molecule has 6 heteroatoms.